The molecule has 2 rings (SSSR count). The van der Waals surface area contributed by atoms with Gasteiger partial charge in [0, 0.05) is 19.8 Å². The van der Waals surface area contributed by atoms with Crippen LogP contribution in [0.15, 0.2) is 24.3 Å². The second kappa shape index (κ2) is 12.0. The molecule has 0 aliphatic heterocycles. The topological polar surface area (TPSA) is 102 Å². The van der Waals surface area contributed by atoms with Crippen molar-refractivity contribution in [1.82, 2.24) is 0 Å². The van der Waals surface area contributed by atoms with Crippen molar-refractivity contribution in [3.05, 3.63) is 29.8 Å². The molecule has 0 radical (unpaired) electrons. The second-order valence-electron chi connectivity index (χ2n) is 6.56. The van der Waals surface area contributed by atoms with Crippen LogP contribution in [0.2, 0.25) is 0 Å². The highest BCUT2D eigenvalue weighted by molar-refractivity contribution is 6.01. The summed E-state index contributed by atoms with van der Waals surface area (Å²) in [4.78, 5) is 36.6. The van der Waals surface area contributed by atoms with Gasteiger partial charge in [-0.2, -0.15) is 0 Å². The van der Waals surface area contributed by atoms with Crippen LogP contribution >= 0.6 is 0 Å². The number of aliphatic hydroxyl groups excluding tert-OH is 1. The maximum atomic E-state index is 11.9. The summed E-state index contributed by atoms with van der Waals surface area (Å²) in [6, 6.07) is 6.48. The van der Waals surface area contributed by atoms with Crippen molar-refractivity contribution in [2.75, 3.05) is 33.2 Å². The van der Waals surface area contributed by atoms with Gasteiger partial charge in [0.1, 0.15) is 0 Å². The number of hydrogen-bond donors (Lipinski definition) is 1. The molecule has 1 aromatic rings. The van der Waals surface area contributed by atoms with Crippen molar-refractivity contribution in [3.63, 3.8) is 0 Å². The molecule has 8 heteroatoms. The minimum absolute atomic E-state index is 0.0359. The number of ether oxygens (including phenoxy) is 3. The molecule has 8 nitrogen and oxygen atoms in total. The smallest absolute Gasteiger partial charge is 0.359 e. The summed E-state index contributed by atoms with van der Waals surface area (Å²) in [5.74, 6) is -2.82. The molecule has 1 fully saturated rings. The zero-order chi connectivity index (χ0) is 21.1. The van der Waals surface area contributed by atoms with Crippen LogP contribution in [0.1, 0.15) is 42.5 Å². The van der Waals surface area contributed by atoms with Crippen LogP contribution in [0.3, 0.4) is 0 Å². The predicted octanol–water partition coefficient (Wildman–Crippen LogP) is 1.94. The summed E-state index contributed by atoms with van der Waals surface area (Å²) in [5, 5.41) is 8.91. The molecule has 1 N–H and O–H groups in total. The van der Waals surface area contributed by atoms with E-state index in [0.717, 1.165) is 32.7 Å². The van der Waals surface area contributed by atoms with Gasteiger partial charge in [0.2, 0.25) is 0 Å². The Morgan fingerprint density at radius 1 is 0.964 bits per heavy atom. The molecule has 1 aliphatic rings. The van der Waals surface area contributed by atoms with Crippen LogP contribution < -0.4 is 4.90 Å². The minimum Gasteiger partial charge on any atom is -0.466 e. The summed E-state index contributed by atoms with van der Waals surface area (Å²) in [5.41, 5.74) is 1.10. The van der Waals surface area contributed by atoms with Crippen LogP contribution in [0.5, 0.6) is 0 Å². The Bertz CT molecular complexity index is 620. The van der Waals surface area contributed by atoms with Crippen molar-refractivity contribution in [1.29, 1.82) is 0 Å². The Morgan fingerprint density at radius 2 is 1.46 bits per heavy atom. The summed E-state index contributed by atoms with van der Waals surface area (Å²) in [6.45, 7) is 0. The highest BCUT2D eigenvalue weighted by Crippen LogP contribution is 2.16. The van der Waals surface area contributed by atoms with E-state index in [2.05, 4.69) is 9.47 Å². The van der Waals surface area contributed by atoms with Gasteiger partial charge in [-0.3, -0.25) is 0 Å². The molecule has 0 heterocycles. The number of nitrogens with zero attached hydrogens (tertiary/aromatic N) is 1. The van der Waals surface area contributed by atoms with Gasteiger partial charge in [-0.1, -0.05) is 19.3 Å². The SMILES string of the molecule is COC(=O)C(OC(=O)c1ccc(N(C)C)cc1)C(=O)OC.OC1CCCCC1. The van der Waals surface area contributed by atoms with E-state index in [0.29, 0.717) is 0 Å². The van der Waals surface area contributed by atoms with Crippen LogP contribution in [0.25, 0.3) is 0 Å². The van der Waals surface area contributed by atoms with Gasteiger partial charge >= 0.3 is 17.9 Å². The lowest BCUT2D eigenvalue weighted by Crippen LogP contribution is -2.36. The monoisotopic (exact) mass is 395 g/mol. The maximum absolute atomic E-state index is 11.9. The fourth-order valence-electron chi connectivity index (χ4n) is 2.56. The lowest BCUT2D eigenvalue weighted by atomic mass is 9.98. The predicted molar refractivity (Wildman–Crippen MR) is 103 cm³/mol. The Morgan fingerprint density at radius 3 is 1.82 bits per heavy atom. The molecule has 0 atom stereocenters. The van der Waals surface area contributed by atoms with E-state index in [9.17, 15) is 14.4 Å². The molecular formula is C20H29NO7. The number of esters is 3. The number of methoxy groups -OCH3 is 2. The van der Waals surface area contributed by atoms with Gasteiger partial charge in [0.25, 0.3) is 6.10 Å². The van der Waals surface area contributed by atoms with Crippen molar-refractivity contribution < 1.29 is 33.7 Å². The molecule has 0 saturated heterocycles. The molecule has 0 aromatic heterocycles. The first-order chi connectivity index (χ1) is 13.3. The van der Waals surface area contributed by atoms with E-state index in [1.807, 2.05) is 19.0 Å². The maximum Gasteiger partial charge on any atom is 0.359 e. The first-order valence-electron chi connectivity index (χ1n) is 9.12. The average molecular weight is 395 g/mol. The molecule has 1 aromatic carbocycles. The average Bonchev–Trinajstić information content (AvgIpc) is 2.71. The fraction of sp³-hybridized carbons (Fsp3) is 0.550. The Kier molecular flexibility index (Phi) is 10.0. The second-order valence-corrected chi connectivity index (χ2v) is 6.56. The van der Waals surface area contributed by atoms with E-state index in [1.54, 1.807) is 12.1 Å². The number of anilines is 1. The van der Waals surface area contributed by atoms with E-state index in [1.165, 1.54) is 31.4 Å². The van der Waals surface area contributed by atoms with Gasteiger partial charge in [0.15, 0.2) is 0 Å². The summed E-state index contributed by atoms with van der Waals surface area (Å²) >= 11 is 0. The number of hydrogen-bond acceptors (Lipinski definition) is 8. The highest BCUT2D eigenvalue weighted by Gasteiger charge is 2.33. The largest absolute Gasteiger partial charge is 0.466 e. The van der Waals surface area contributed by atoms with Crippen LogP contribution in [0, 0.1) is 0 Å². The molecule has 1 saturated carbocycles. The number of aliphatic hydroxyl groups is 1. The normalized spacial score (nSPS) is 13.8. The minimum atomic E-state index is -1.74. The first-order valence-corrected chi connectivity index (χ1v) is 9.12. The Balaban J connectivity index is 0.000000467. The summed E-state index contributed by atoms with van der Waals surface area (Å²) in [7, 11) is 5.88. The third-order valence-electron chi connectivity index (χ3n) is 4.25. The molecular weight excluding hydrogens is 366 g/mol. The molecule has 0 spiro atoms. The van der Waals surface area contributed by atoms with Gasteiger partial charge in [-0.05, 0) is 37.1 Å². The molecule has 0 bridgehead atoms. The van der Waals surface area contributed by atoms with E-state index >= 15 is 0 Å². The van der Waals surface area contributed by atoms with E-state index < -0.39 is 24.0 Å². The molecule has 0 unspecified atom stereocenters. The summed E-state index contributed by atoms with van der Waals surface area (Å²) < 4.78 is 13.6. The van der Waals surface area contributed by atoms with E-state index in [-0.39, 0.29) is 11.7 Å². The zero-order valence-corrected chi connectivity index (χ0v) is 16.8. The number of benzene rings is 1. The zero-order valence-electron chi connectivity index (χ0n) is 16.8. The Hall–Kier alpha value is -2.61. The third-order valence-corrected chi connectivity index (χ3v) is 4.25. The molecule has 0 amide bonds. The van der Waals surface area contributed by atoms with Crippen LogP contribution in [0.4, 0.5) is 5.69 Å². The van der Waals surface area contributed by atoms with Crippen molar-refractivity contribution in [2.24, 2.45) is 0 Å². The van der Waals surface area contributed by atoms with Gasteiger partial charge in [0.05, 0.1) is 25.9 Å². The highest BCUT2D eigenvalue weighted by atomic mass is 16.6. The fourth-order valence-corrected chi connectivity index (χ4v) is 2.56. The van der Waals surface area contributed by atoms with Crippen LogP contribution in [-0.4, -0.2) is 63.5 Å². The number of carbonyl (C=O) groups is 3. The molecule has 28 heavy (non-hydrogen) atoms. The third kappa shape index (κ3) is 7.56. The molecule has 156 valence electrons. The Labute approximate surface area is 165 Å². The summed E-state index contributed by atoms with van der Waals surface area (Å²) in [6.07, 6.45) is 4.19. The van der Waals surface area contributed by atoms with Gasteiger partial charge in [-0.15, -0.1) is 0 Å². The van der Waals surface area contributed by atoms with Crippen molar-refractivity contribution in [2.45, 2.75) is 44.3 Å². The quantitative estimate of drug-likeness (QED) is 0.458. The van der Waals surface area contributed by atoms with E-state index in [4.69, 9.17) is 9.84 Å². The first kappa shape index (κ1) is 23.4. The van der Waals surface area contributed by atoms with Crippen LogP contribution in [-0.2, 0) is 23.8 Å². The number of carbonyl (C=O) groups excluding carboxylic acids is 3. The molecule has 1 aliphatic carbocycles. The standard InChI is InChI=1S/C14H17NO6.C6H12O/c1-15(2)10-7-5-9(6-8-10)12(16)21-11(13(17)19-3)14(18)20-4;7-6-4-2-1-3-5-6/h5-8,11H,1-4H3;6-7H,1-5H2. The van der Waals surface area contributed by atoms with Crippen molar-refractivity contribution in [3.8, 4) is 0 Å². The lowest BCUT2D eigenvalue weighted by molar-refractivity contribution is -0.165. The van der Waals surface area contributed by atoms with Gasteiger partial charge < -0.3 is 24.2 Å². The van der Waals surface area contributed by atoms with Crippen molar-refractivity contribution >= 4 is 23.6 Å². The van der Waals surface area contributed by atoms with Gasteiger partial charge in [-0.25, -0.2) is 14.4 Å². The number of rotatable bonds is 5. The lowest BCUT2D eigenvalue weighted by Gasteiger charge is -2.15.